The number of unbranched alkanes of at least 4 members (excludes halogenated alkanes) is 1. The lowest BCUT2D eigenvalue weighted by atomic mass is 10.1. The maximum absolute atomic E-state index is 2.48. The number of halogens is 1. The number of benzene rings is 2. The first-order valence-corrected chi connectivity index (χ1v) is 9.68. The van der Waals surface area contributed by atoms with Gasteiger partial charge in [0.05, 0.1) is 0 Å². The van der Waals surface area contributed by atoms with Crippen LogP contribution in [0.25, 0.3) is 21.3 Å². The van der Waals surface area contributed by atoms with Crippen molar-refractivity contribution in [2.75, 3.05) is 4.43 Å². The zero-order chi connectivity index (χ0) is 14.7. The van der Waals surface area contributed by atoms with Crippen molar-refractivity contribution in [1.29, 1.82) is 0 Å². The summed E-state index contributed by atoms with van der Waals surface area (Å²) in [6, 6.07) is 17.5. The molecule has 0 saturated heterocycles. The van der Waals surface area contributed by atoms with E-state index in [1.165, 1.54) is 43.6 Å². The number of rotatable bonds is 5. The summed E-state index contributed by atoms with van der Waals surface area (Å²) < 4.78 is 5.12. The van der Waals surface area contributed by atoms with E-state index in [2.05, 4.69) is 82.6 Å². The zero-order valence-electron chi connectivity index (χ0n) is 12.2. The van der Waals surface area contributed by atoms with Gasteiger partial charge in [0.15, 0.2) is 0 Å². The van der Waals surface area contributed by atoms with Crippen molar-refractivity contribution >= 4 is 44.1 Å². The fourth-order valence-electron chi connectivity index (χ4n) is 2.65. The molecule has 21 heavy (non-hydrogen) atoms. The van der Waals surface area contributed by atoms with Gasteiger partial charge >= 0.3 is 0 Å². The van der Waals surface area contributed by atoms with Crippen molar-refractivity contribution in [1.82, 2.24) is 0 Å². The van der Waals surface area contributed by atoms with Gasteiger partial charge in [0, 0.05) is 19.4 Å². The molecule has 2 aromatic carbocycles. The molecule has 0 bridgehead atoms. The van der Waals surface area contributed by atoms with Crippen LogP contribution in [0.2, 0.25) is 0 Å². The number of aromatic nitrogens is 1. The molecule has 0 unspecified atom stereocenters. The fourth-order valence-corrected chi connectivity index (χ4v) is 4.22. The smallest absolute Gasteiger partial charge is 0.186 e. The molecule has 0 aliphatic heterocycles. The second-order valence-corrected chi connectivity index (χ2v) is 7.53. The number of fused-ring (bicyclic) bond motifs is 1. The van der Waals surface area contributed by atoms with Gasteiger partial charge < -0.3 is 0 Å². The lowest BCUT2D eigenvalue weighted by molar-refractivity contribution is -0.673. The Morgan fingerprint density at radius 1 is 1.00 bits per heavy atom. The minimum absolute atomic E-state index is 1.13. The Morgan fingerprint density at radius 2 is 1.81 bits per heavy atom. The third-order valence-electron chi connectivity index (χ3n) is 3.76. The van der Waals surface area contributed by atoms with Gasteiger partial charge in [-0.1, -0.05) is 70.3 Å². The second kappa shape index (κ2) is 6.88. The second-order valence-electron chi connectivity index (χ2n) is 5.22. The lowest BCUT2D eigenvalue weighted by Crippen LogP contribution is -2.35. The van der Waals surface area contributed by atoms with Crippen molar-refractivity contribution in [3.8, 4) is 11.1 Å². The summed E-state index contributed by atoms with van der Waals surface area (Å²) in [5.74, 6) is 0. The molecule has 0 atom stereocenters. The molecule has 0 N–H and O–H groups in total. The Bertz CT molecular complexity index is 734. The van der Waals surface area contributed by atoms with Crippen LogP contribution < -0.4 is 4.57 Å². The molecular weight excluding hydrogens is 389 g/mol. The van der Waals surface area contributed by atoms with Gasteiger partial charge in [-0.2, -0.15) is 4.57 Å². The molecule has 1 aromatic heterocycles. The molecule has 0 radical (unpaired) electrons. The maximum atomic E-state index is 2.48. The van der Waals surface area contributed by atoms with Gasteiger partial charge in [-0.15, -0.1) is 0 Å². The summed E-state index contributed by atoms with van der Waals surface area (Å²) in [5.41, 5.74) is 3.98. The first kappa shape index (κ1) is 15.0. The van der Waals surface area contributed by atoms with Crippen molar-refractivity contribution in [3.63, 3.8) is 0 Å². The average molecular weight is 408 g/mol. The van der Waals surface area contributed by atoms with Gasteiger partial charge in [-0.3, -0.25) is 0 Å². The van der Waals surface area contributed by atoms with Crippen molar-refractivity contribution in [3.05, 3.63) is 53.5 Å². The van der Waals surface area contributed by atoms with Crippen LogP contribution in [0, 0.1) is 6.92 Å². The Labute approximate surface area is 143 Å². The predicted octanol–water partition coefficient (Wildman–Crippen LogP) is 5.38. The van der Waals surface area contributed by atoms with E-state index in [1.807, 2.05) is 11.3 Å². The van der Waals surface area contributed by atoms with Crippen LogP contribution >= 0.6 is 33.9 Å². The first-order chi connectivity index (χ1) is 10.3. The molecule has 3 rings (SSSR count). The molecule has 0 amide bonds. The highest BCUT2D eigenvalue weighted by molar-refractivity contribution is 14.1. The van der Waals surface area contributed by atoms with E-state index in [9.17, 15) is 0 Å². The zero-order valence-corrected chi connectivity index (χ0v) is 15.2. The van der Waals surface area contributed by atoms with Crippen molar-refractivity contribution in [2.45, 2.75) is 26.3 Å². The number of aryl methyl sites for hydroxylation is 2. The molecule has 0 aliphatic rings. The van der Waals surface area contributed by atoms with Crippen LogP contribution in [0.4, 0.5) is 0 Å². The number of thiazole rings is 1. The number of nitrogens with zero attached hydrogens (tertiary/aromatic N) is 1. The standard InChI is InChI=1S/C18H19INS/c1-14-20(12-6-5-11-19)17-13-16(9-10-18(17)21-14)15-7-3-2-4-8-15/h2-4,7-10,13H,5-6,11-12H2,1H3/q+1. The number of hydrogen-bond acceptors (Lipinski definition) is 1. The Kier molecular flexibility index (Phi) is 4.91. The van der Waals surface area contributed by atoms with E-state index in [-0.39, 0.29) is 0 Å². The quantitative estimate of drug-likeness (QED) is 0.231. The fraction of sp³-hybridized carbons (Fsp3) is 0.278. The van der Waals surface area contributed by atoms with Crippen molar-refractivity contribution in [2.24, 2.45) is 0 Å². The molecule has 0 fully saturated rings. The van der Waals surface area contributed by atoms with E-state index in [4.69, 9.17) is 0 Å². The van der Waals surface area contributed by atoms with Crippen molar-refractivity contribution < 1.29 is 4.57 Å². The Balaban J connectivity index is 2.01. The van der Waals surface area contributed by atoms with Gasteiger partial charge in [0.1, 0.15) is 11.2 Å². The SMILES string of the molecule is Cc1sc2ccc(-c3ccccc3)cc2[n+]1CCCCI. The van der Waals surface area contributed by atoms with Gasteiger partial charge in [0.2, 0.25) is 10.5 Å². The molecule has 3 heteroatoms. The van der Waals surface area contributed by atoms with Crippen LogP contribution in [0.1, 0.15) is 17.8 Å². The van der Waals surface area contributed by atoms with Crippen LogP contribution in [0.5, 0.6) is 0 Å². The Hall–Kier alpha value is -0.940. The predicted molar refractivity (Wildman–Crippen MR) is 100 cm³/mol. The van der Waals surface area contributed by atoms with Crippen LogP contribution in [0.15, 0.2) is 48.5 Å². The maximum Gasteiger partial charge on any atom is 0.235 e. The normalized spacial score (nSPS) is 11.1. The largest absolute Gasteiger partial charge is 0.235 e. The lowest BCUT2D eigenvalue weighted by Gasteiger charge is -2.01. The molecule has 0 aliphatic carbocycles. The van der Waals surface area contributed by atoms with Crippen LogP contribution in [-0.4, -0.2) is 4.43 Å². The number of hydrogen-bond donors (Lipinski definition) is 0. The molecule has 0 saturated carbocycles. The highest BCUT2D eigenvalue weighted by atomic mass is 127. The molecule has 1 nitrogen and oxygen atoms in total. The van der Waals surface area contributed by atoms with Gasteiger partial charge in [0.25, 0.3) is 0 Å². The van der Waals surface area contributed by atoms with E-state index in [1.54, 1.807) is 0 Å². The van der Waals surface area contributed by atoms with E-state index >= 15 is 0 Å². The van der Waals surface area contributed by atoms with Crippen LogP contribution in [-0.2, 0) is 6.54 Å². The van der Waals surface area contributed by atoms with Crippen LogP contribution in [0.3, 0.4) is 0 Å². The van der Waals surface area contributed by atoms with Gasteiger partial charge in [-0.05, 0) is 28.0 Å². The van der Waals surface area contributed by atoms with E-state index in [0.29, 0.717) is 0 Å². The third kappa shape index (κ3) is 3.29. The van der Waals surface area contributed by atoms with E-state index < -0.39 is 0 Å². The van der Waals surface area contributed by atoms with Gasteiger partial charge in [-0.25, -0.2) is 0 Å². The first-order valence-electron chi connectivity index (χ1n) is 7.34. The Morgan fingerprint density at radius 3 is 2.57 bits per heavy atom. The summed E-state index contributed by atoms with van der Waals surface area (Å²) in [6.45, 7) is 3.37. The monoisotopic (exact) mass is 408 g/mol. The highest BCUT2D eigenvalue weighted by Gasteiger charge is 2.17. The van der Waals surface area contributed by atoms with E-state index in [0.717, 1.165) is 6.54 Å². The topological polar surface area (TPSA) is 3.88 Å². The summed E-state index contributed by atoms with van der Waals surface area (Å²) in [7, 11) is 0. The third-order valence-corrected chi connectivity index (χ3v) is 5.60. The minimum atomic E-state index is 1.13. The average Bonchev–Trinajstić information content (AvgIpc) is 2.84. The summed E-state index contributed by atoms with van der Waals surface area (Å²) in [6.07, 6.45) is 2.55. The summed E-state index contributed by atoms with van der Waals surface area (Å²) in [4.78, 5) is 0. The highest BCUT2D eigenvalue weighted by Crippen LogP contribution is 2.26. The summed E-state index contributed by atoms with van der Waals surface area (Å²) in [5, 5.41) is 1.41. The number of alkyl halides is 1. The molecule has 3 aromatic rings. The molecule has 0 spiro atoms. The summed E-state index contributed by atoms with van der Waals surface area (Å²) >= 11 is 4.36. The minimum Gasteiger partial charge on any atom is -0.186 e. The molecule has 108 valence electrons. The molecule has 1 heterocycles. The molecular formula is C18H19INS+.